The molecule has 86 valence electrons. The Balaban J connectivity index is 1.62. The van der Waals surface area contributed by atoms with Crippen LogP contribution >= 0.6 is 11.6 Å². The van der Waals surface area contributed by atoms with Gasteiger partial charge in [0.15, 0.2) is 0 Å². The second-order valence-corrected chi connectivity index (χ2v) is 5.83. The SMILES string of the molecule is Clc1ccccc1CC1(CNC2CC2)CC1. The average molecular weight is 236 g/mol. The van der Waals surface area contributed by atoms with Gasteiger partial charge in [-0.25, -0.2) is 0 Å². The van der Waals surface area contributed by atoms with Gasteiger partial charge in [0.2, 0.25) is 0 Å². The van der Waals surface area contributed by atoms with Crippen molar-refractivity contribution in [1.29, 1.82) is 0 Å². The molecule has 2 fully saturated rings. The molecule has 0 heterocycles. The van der Waals surface area contributed by atoms with E-state index in [9.17, 15) is 0 Å². The third-order valence-corrected chi connectivity index (χ3v) is 4.19. The van der Waals surface area contributed by atoms with Gasteiger partial charge >= 0.3 is 0 Å². The highest BCUT2D eigenvalue weighted by atomic mass is 35.5. The maximum Gasteiger partial charge on any atom is 0.0438 e. The van der Waals surface area contributed by atoms with Crippen molar-refractivity contribution in [2.24, 2.45) is 5.41 Å². The van der Waals surface area contributed by atoms with Crippen LogP contribution in [0, 0.1) is 5.41 Å². The molecular formula is C14H18ClN. The Morgan fingerprint density at radius 2 is 2.00 bits per heavy atom. The summed E-state index contributed by atoms with van der Waals surface area (Å²) >= 11 is 6.21. The first kappa shape index (κ1) is 10.6. The molecule has 0 spiro atoms. The summed E-state index contributed by atoms with van der Waals surface area (Å²) in [7, 11) is 0. The van der Waals surface area contributed by atoms with Gasteiger partial charge in [-0.1, -0.05) is 29.8 Å². The minimum absolute atomic E-state index is 0.521. The Bertz CT molecular complexity index is 380. The minimum atomic E-state index is 0.521. The van der Waals surface area contributed by atoms with E-state index in [1.165, 1.54) is 37.8 Å². The molecule has 2 aliphatic rings. The molecule has 0 atom stereocenters. The summed E-state index contributed by atoms with van der Waals surface area (Å²) in [6.07, 6.45) is 6.62. The molecule has 2 heteroatoms. The van der Waals surface area contributed by atoms with E-state index in [4.69, 9.17) is 11.6 Å². The van der Waals surface area contributed by atoms with E-state index < -0.39 is 0 Å². The lowest BCUT2D eigenvalue weighted by Gasteiger charge is -2.16. The standard InChI is InChI=1S/C14H18ClN/c15-13-4-2-1-3-11(13)9-14(7-8-14)10-16-12-5-6-12/h1-4,12,16H,5-10H2. The van der Waals surface area contributed by atoms with Gasteiger partial charge in [-0.2, -0.15) is 0 Å². The van der Waals surface area contributed by atoms with Gasteiger partial charge in [0, 0.05) is 17.6 Å². The normalized spacial score (nSPS) is 22.1. The van der Waals surface area contributed by atoms with Crippen LogP contribution in [-0.4, -0.2) is 12.6 Å². The van der Waals surface area contributed by atoms with E-state index in [1.54, 1.807) is 0 Å². The fourth-order valence-corrected chi connectivity index (χ4v) is 2.49. The van der Waals surface area contributed by atoms with Crippen LogP contribution in [0.1, 0.15) is 31.2 Å². The smallest absolute Gasteiger partial charge is 0.0438 e. The van der Waals surface area contributed by atoms with Crippen LogP contribution in [-0.2, 0) is 6.42 Å². The first-order chi connectivity index (χ1) is 7.77. The first-order valence-corrected chi connectivity index (χ1v) is 6.62. The van der Waals surface area contributed by atoms with Crippen molar-refractivity contribution in [2.45, 2.75) is 38.1 Å². The van der Waals surface area contributed by atoms with Gasteiger partial charge < -0.3 is 5.32 Å². The lowest BCUT2D eigenvalue weighted by molar-refractivity contribution is 0.453. The van der Waals surface area contributed by atoms with Crippen molar-refractivity contribution < 1.29 is 0 Å². The van der Waals surface area contributed by atoms with Gasteiger partial charge in [0.1, 0.15) is 0 Å². The van der Waals surface area contributed by atoms with Crippen LogP contribution in [0.3, 0.4) is 0 Å². The van der Waals surface area contributed by atoms with Crippen molar-refractivity contribution in [2.75, 3.05) is 6.54 Å². The number of benzene rings is 1. The average Bonchev–Trinajstić information content (AvgIpc) is 3.13. The zero-order chi connectivity index (χ0) is 11.0. The molecule has 1 nitrogen and oxygen atoms in total. The molecule has 0 unspecified atom stereocenters. The highest BCUT2D eigenvalue weighted by Crippen LogP contribution is 2.49. The predicted molar refractivity (Wildman–Crippen MR) is 67.8 cm³/mol. The van der Waals surface area contributed by atoms with E-state index in [2.05, 4.69) is 17.4 Å². The third kappa shape index (κ3) is 2.41. The van der Waals surface area contributed by atoms with Gasteiger partial charge in [-0.3, -0.25) is 0 Å². The Hall–Kier alpha value is -0.530. The second-order valence-electron chi connectivity index (χ2n) is 5.42. The molecular weight excluding hydrogens is 218 g/mol. The van der Waals surface area contributed by atoms with E-state index in [1.807, 2.05) is 12.1 Å². The highest BCUT2D eigenvalue weighted by Gasteiger charge is 2.43. The topological polar surface area (TPSA) is 12.0 Å². The lowest BCUT2D eigenvalue weighted by atomic mass is 9.96. The molecule has 1 N–H and O–H groups in total. The quantitative estimate of drug-likeness (QED) is 0.825. The largest absolute Gasteiger partial charge is 0.313 e. The van der Waals surface area contributed by atoms with Crippen LogP contribution in [0.25, 0.3) is 0 Å². The number of rotatable bonds is 5. The molecule has 0 aliphatic heterocycles. The number of halogens is 1. The van der Waals surface area contributed by atoms with Crippen LogP contribution in [0.15, 0.2) is 24.3 Å². The zero-order valence-corrected chi connectivity index (χ0v) is 10.3. The van der Waals surface area contributed by atoms with E-state index in [-0.39, 0.29) is 0 Å². The summed E-state index contributed by atoms with van der Waals surface area (Å²) < 4.78 is 0. The molecule has 1 aromatic carbocycles. The molecule has 0 amide bonds. The first-order valence-electron chi connectivity index (χ1n) is 6.24. The van der Waals surface area contributed by atoms with Crippen molar-refractivity contribution in [3.8, 4) is 0 Å². The highest BCUT2D eigenvalue weighted by molar-refractivity contribution is 6.31. The molecule has 1 aromatic rings. The van der Waals surface area contributed by atoms with Crippen LogP contribution < -0.4 is 5.32 Å². The molecule has 2 aliphatic carbocycles. The summed E-state index contributed by atoms with van der Waals surface area (Å²) in [5, 5.41) is 4.59. The maximum absolute atomic E-state index is 6.21. The van der Waals surface area contributed by atoms with Gasteiger partial charge in [-0.15, -0.1) is 0 Å². The van der Waals surface area contributed by atoms with Crippen molar-refractivity contribution >= 4 is 11.6 Å². The molecule has 3 rings (SSSR count). The zero-order valence-electron chi connectivity index (χ0n) is 9.51. The molecule has 0 bridgehead atoms. The summed E-state index contributed by atoms with van der Waals surface area (Å²) in [6, 6.07) is 9.09. The van der Waals surface area contributed by atoms with Crippen LogP contribution in [0.5, 0.6) is 0 Å². The fraction of sp³-hybridized carbons (Fsp3) is 0.571. The maximum atomic E-state index is 6.21. The Morgan fingerprint density at radius 1 is 1.25 bits per heavy atom. The minimum Gasteiger partial charge on any atom is -0.313 e. The fourth-order valence-electron chi connectivity index (χ4n) is 2.29. The summed E-state index contributed by atoms with van der Waals surface area (Å²) in [5.74, 6) is 0. The summed E-state index contributed by atoms with van der Waals surface area (Å²) in [5.41, 5.74) is 1.84. The molecule has 0 radical (unpaired) electrons. The lowest BCUT2D eigenvalue weighted by Crippen LogP contribution is -2.27. The number of hydrogen-bond acceptors (Lipinski definition) is 1. The van der Waals surface area contributed by atoms with Crippen molar-refractivity contribution in [3.63, 3.8) is 0 Å². The van der Waals surface area contributed by atoms with Crippen molar-refractivity contribution in [3.05, 3.63) is 34.9 Å². The van der Waals surface area contributed by atoms with E-state index in [0.29, 0.717) is 5.41 Å². The van der Waals surface area contributed by atoms with E-state index >= 15 is 0 Å². The molecule has 16 heavy (non-hydrogen) atoms. The summed E-state index contributed by atoms with van der Waals surface area (Å²) in [4.78, 5) is 0. The van der Waals surface area contributed by atoms with Crippen LogP contribution in [0.2, 0.25) is 5.02 Å². The van der Waals surface area contributed by atoms with Crippen LogP contribution in [0.4, 0.5) is 0 Å². The predicted octanol–water partition coefficient (Wildman–Crippen LogP) is 3.41. The summed E-state index contributed by atoms with van der Waals surface area (Å²) in [6.45, 7) is 1.18. The molecule has 0 aromatic heterocycles. The third-order valence-electron chi connectivity index (χ3n) is 3.82. The second kappa shape index (κ2) is 4.05. The number of hydrogen-bond donors (Lipinski definition) is 1. The number of nitrogens with one attached hydrogen (secondary N) is 1. The molecule has 2 saturated carbocycles. The van der Waals surface area contributed by atoms with Gasteiger partial charge in [0.05, 0.1) is 0 Å². The Labute approximate surface area is 102 Å². The Morgan fingerprint density at radius 3 is 2.62 bits per heavy atom. The van der Waals surface area contributed by atoms with Gasteiger partial charge in [0.25, 0.3) is 0 Å². The monoisotopic (exact) mass is 235 g/mol. The Kier molecular flexibility index (Phi) is 2.68. The molecule has 0 saturated heterocycles. The van der Waals surface area contributed by atoms with Crippen molar-refractivity contribution in [1.82, 2.24) is 5.32 Å². The van der Waals surface area contributed by atoms with Gasteiger partial charge in [-0.05, 0) is 49.1 Å². The van der Waals surface area contributed by atoms with E-state index in [0.717, 1.165) is 17.5 Å².